The quantitative estimate of drug-likeness (QED) is 0.290. The van der Waals surface area contributed by atoms with E-state index < -0.39 is 18.2 Å². The van der Waals surface area contributed by atoms with Crippen LogP contribution in [0.4, 0.5) is 10.1 Å². The van der Waals surface area contributed by atoms with E-state index in [9.17, 15) is 14.3 Å². The number of benzene rings is 2. The van der Waals surface area contributed by atoms with Crippen LogP contribution in [0.15, 0.2) is 42.9 Å². The van der Waals surface area contributed by atoms with Gasteiger partial charge in [-0.3, -0.25) is 4.68 Å². The molecule has 0 saturated carbocycles. The van der Waals surface area contributed by atoms with E-state index in [-0.39, 0.29) is 26.2 Å². The van der Waals surface area contributed by atoms with Gasteiger partial charge in [0.15, 0.2) is 6.04 Å². The van der Waals surface area contributed by atoms with Gasteiger partial charge in [0.2, 0.25) is 0 Å². The monoisotopic (exact) mass is 585 g/mol. The number of aromatic nitrogens is 4. The summed E-state index contributed by atoms with van der Waals surface area (Å²) < 4.78 is 22.7. The average molecular weight is 586 g/mol. The predicted molar refractivity (Wildman–Crippen MR) is 153 cm³/mol. The number of aliphatic hydroxyl groups is 1. The van der Waals surface area contributed by atoms with Crippen molar-refractivity contribution in [2.24, 2.45) is 5.92 Å². The maximum atomic E-state index is 14.2. The molecular formula is C29H30Cl2FN5O3. The van der Waals surface area contributed by atoms with Gasteiger partial charge in [0.1, 0.15) is 11.7 Å². The second-order valence-electron chi connectivity index (χ2n) is 10.4. The number of ether oxygens (including phenoxy) is 1. The first-order valence-corrected chi connectivity index (χ1v) is 14.3. The number of imidazole rings is 1. The van der Waals surface area contributed by atoms with Crippen LogP contribution in [0.2, 0.25) is 10.0 Å². The van der Waals surface area contributed by atoms with Crippen molar-refractivity contribution in [3.63, 3.8) is 0 Å². The van der Waals surface area contributed by atoms with Crippen LogP contribution in [0.3, 0.4) is 0 Å². The van der Waals surface area contributed by atoms with E-state index in [2.05, 4.69) is 22.0 Å². The summed E-state index contributed by atoms with van der Waals surface area (Å²) in [5.74, 6) is -0.160. The van der Waals surface area contributed by atoms with Crippen LogP contribution in [0.25, 0.3) is 22.0 Å². The molecule has 1 N–H and O–H groups in total. The van der Waals surface area contributed by atoms with E-state index in [0.29, 0.717) is 38.3 Å². The zero-order valence-corrected chi connectivity index (χ0v) is 23.6. The minimum atomic E-state index is -1.03. The fourth-order valence-electron chi connectivity index (χ4n) is 5.78. The predicted octanol–water partition coefficient (Wildman–Crippen LogP) is 5.46. The second-order valence-corrected chi connectivity index (χ2v) is 11.2. The fraction of sp³-hybridized carbons (Fsp3) is 0.414. The van der Waals surface area contributed by atoms with Crippen molar-refractivity contribution < 1.29 is 19.0 Å². The van der Waals surface area contributed by atoms with Crippen LogP contribution < -0.4 is 4.90 Å². The molecular weight excluding hydrogens is 556 g/mol. The van der Waals surface area contributed by atoms with E-state index in [1.165, 1.54) is 4.68 Å². The molecule has 2 atom stereocenters. The summed E-state index contributed by atoms with van der Waals surface area (Å²) in [4.78, 5) is 19.9. The summed E-state index contributed by atoms with van der Waals surface area (Å²) in [7, 11) is 0. The standard InChI is InChI=1S/C29H30Cl2FN5O3/c1-2-40-29(39)28(27-24-11-19(32)13-36(24)16-33-27)37-14-22-23(30)12-21(25(31)26(22)34-37)18-3-5-20(6-4-18)35-9-7-17(15-38)8-10-35/h3-6,12,14,16-17,19,28,38H,2,7-11,13,15H2,1H3/t19-,28?/m1/s1. The Morgan fingerprint density at radius 1 is 1.23 bits per heavy atom. The van der Waals surface area contributed by atoms with Crippen LogP contribution in [-0.4, -0.2) is 62.9 Å². The number of hydrogen-bond donors (Lipinski definition) is 1. The molecule has 40 heavy (non-hydrogen) atoms. The molecule has 2 aliphatic heterocycles. The Hall–Kier alpha value is -3.14. The minimum absolute atomic E-state index is 0.174. The van der Waals surface area contributed by atoms with Gasteiger partial charge in [0.25, 0.3) is 0 Å². The second kappa shape index (κ2) is 11.0. The van der Waals surface area contributed by atoms with Crippen molar-refractivity contribution in [3.05, 3.63) is 64.3 Å². The fourth-order valence-corrected chi connectivity index (χ4v) is 6.33. The third-order valence-electron chi connectivity index (χ3n) is 7.94. The molecule has 4 heterocycles. The van der Waals surface area contributed by atoms with Gasteiger partial charge in [-0.15, -0.1) is 0 Å². The molecule has 1 fully saturated rings. The zero-order chi connectivity index (χ0) is 28.0. The molecule has 0 aliphatic carbocycles. The maximum absolute atomic E-state index is 14.2. The molecule has 2 aliphatic rings. The van der Waals surface area contributed by atoms with Crippen molar-refractivity contribution in [2.75, 3.05) is 31.2 Å². The van der Waals surface area contributed by atoms with Crippen molar-refractivity contribution >= 4 is 45.8 Å². The first-order valence-electron chi connectivity index (χ1n) is 13.6. The van der Waals surface area contributed by atoms with Crippen molar-refractivity contribution in [2.45, 2.75) is 44.9 Å². The number of rotatable bonds is 7. The summed E-state index contributed by atoms with van der Waals surface area (Å²) in [6.07, 6.45) is 4.32. The number of aliphatic hydroxyl groups excluding tert-OH is 1. The van der Waals surface area contributed by atoms with Gasteiger partial charge in [0, 0.05) is 54.6 Å². The molecule has 2 aromatic heterocycles. The molecule has 0 spiro atoms. The van der Waals surface area contributed by atoms with E-state index in [4.69, 9.17) is 33.0 Å². The van der Waals surface area contributed by atoms with E-state index >= 15 is 0 Å². The number of esters is 1. The van der Waals surface area contributed by atoms with Crippen molar-refractivity contribution in [1.82, 2.24) is 19.3 Å². The lowest BCUT2D eigenvalue weighted by Crippen LogP contribution is -2.34. The summed E-state index contributed by atoms with van der Waals surface area (Å²) in [6, 6.07) is 8.96. The first-order chi connectivity index (χ1) is 19.4. The highest BCUT2D eigenvalue weighted by atomic mass is 35.5. The molecule has 210 valence electrons. The van der Waals surface area contributed by atoms with Gasteiger partial charge < -0.3 is 19.3 Å². The third kappa shape index (κ3) is 4.84. The Kier molecular flexibility index (Phi) is 7.46. The lowest BCUT2D eigenvalue weighted by atomic mass is 9.97. The maximum Gasteiger partial charge on any atom is 0.337 e. The number of piperidine rings is 1. The summed E-state index contributed by atoms with van der Waals surface area (Å²) in [6.45, 7) is 4.18. The van der Waals surface area contributed by atoms with Gasteiger partial charge in [0.05, 0.1) is 35.2 Å². The van der Waals surface area contributed by atoms with Crippen LogP contribution in [0, 0.1) is 5.92 Å². The van der Waals surface area contributed by atoms with E-state index in [1.54, 1.807) is 30.1 Å². The Morgan fingerprint density at radius 2 is 1.98 bits per heavy atom. The number of hydrogen-bond acceptors (Lipinski definition) is 6. The molecule has 4 aromatic rings. The number of halogens is 3. The largest absolute Gasteiger partial charge is 0.464 e. The Labute approximate surface area is 241 Å². The summed E-state index contributed by atoms with van der Waals surface area (Å²) in [5, 5.41) is 15.6. The number of fused-ring (bicyclic) bond motifs is 2. The Balaban J connectivity index is 1.35. The van der Waals surface area contributed by atoms with Crippen LogP contribution in [-0.2, 0) is 22.5 Å². The Bertz CT molecular complexity index is 1550. The highest BCUT2D eigenvalue weighted by Gasteiger charge is 2.35. The molecule has 1 saturated heterocycles. The van der Waals surface area contributed by atoms with Crippen LogP contribution in [0.1, 0.15) is 37.2 Å². The molecule has 0 amide bonds. The summed E-state index contributed by atoms with van der Waals surface area (Å²) in [5.41, 5.74) is 4.26. The third-order valence-corrected chi connectivity index (χ3v) is 8.64. The average Bonchev–Trinajstić information content (AvgIpc) is 3.67. The number of anilines is 1. The van der Waals surface area contributed by atoms with Crippen LogP contribution >= 0.6 is 23.2 Å². The van der Waals surface area contributed by atoms with Gasteiger partial charge in [-0.1, -0.05) is 35.3 Å². The zero-order valence-electron chi connectivity index (χ0n) is 22.1. The SMILES string of the molecule is CCOC(=O)C(c1ncn2c1C[C@@H](F)C2)n1cc2c(Cl)cc(-c3ccc(N4CCC(CO)CC4)cc3)c(Cl)c2n1. The lowest BCUT2D eigenvalue weighted by molar-refractivity contribution is -0.146. The van der Waals surface area contributed by atoms with Gasteiger partial charge in [-0.25, -0.2) is 14.2 Å². The van der Waals surface area contributed by atoms with E-state index in [1.807, 2.05) is 12.1 Å². The lowest BCUT2D eigenvalue weighted by Gasteiger charge is -2.33. The van der Waals surface area contributed by atoms with Crippen LogP contribution in [0.5, 0.6) is 0 Å². The molecule has 11 heteroatoms. The number of carbonyl (C=O) groups is 1. The molecule has 0 radical (unpaired) electrons. The molecule has 2 aromatic carbocycles. The molecule has 1 unspecified atom stereocenters. The number of carbonyl (C=O) groups excluding carboxylic acids is 1. The summed E-state index contributed by atoms with van der Waals surface area (Å²) >= 11 is 13.6. The van der Waals surface area contributed by atoms with Gasteiger partial charge in [-0.05, 0) is 49.4 Å². The highest BCUT2D eigenvalue weighted by Crippen LogP contribution is 2.40. The van der Waals surface area contributed by atoms with Gasteiger partial charge >= 0.3 is 5.97 Å². The smallest absolute Gasteiger partial charge is 0.337 e. The Morgan fingerprint density at radius 3 is 2.67 bits per heavy atom. The topological polar surface area (TPSA) is 85.4 Å². The molecule has 8 nitrogen and oxygen atoms in total. The molecule has 6 rings (SSSR count). The van der Waals surface area contributed by atoms with Crippen molar-refractivity contribution in [1.29, 1.82) is 0 Å². The minimum Gasteiger partial charge on any atom is -0.464 e. The van der Waals surface area contributed by atoms with E-state index in [0.717, 1.165) is 42.7 Å². The normalized spacial score (nSPS) is 18.3. The van der Waals surface area contributed by atoms with Gasteiger partial charge in [-0.2, -0.15) is 5.10 Å². The number of alkyl halides is 1. The number of nitrogens with zero attached hydrogens (tertiary/aromatic N) is 5. The first kappa shape index (κ1) is 27.1. The highest BCUT2D eigenvalue weighted by molar-refractivity contribution is 6.42. The van der Waals surface area contributed by atoms with Crippen molar-refractivity contribution in [3.8, 4) is 11.1 Å². The molecule has 0 bridgehead atoms.